The van der Waals surface area contributed by atoms with Crippen LogP contribution in [0.15, 0.2) is 24.3 Å². The molecule has 1 fully saturated rings. The molecule has 1 aromatic carbocycles. The van der Waals surface area contributed by atoms with E-state index in [0.717, 1.165) is 18.3 Å². The number of benzene rings is 1. The molecule has 0 aliphatic heterocycles. The third kappa shape index (κ3) is 5.41. The summed E-state index contributed by atoms with van der Waals surface area (Å²) >= 11 is 0. The summed E-state index contributed by atoms with van der Waals surface area (Å²) in [7, 11) is 0. The van der Waals surface area contributed by atoms with Gasteiger partial charge in [0, 0.05) is 24.9 Å². The van der Waals surface area contributed by atoms with Gasteiger partial charge < -0.3 is 15.4 Å². The van der Waals surface area contributed by atoms with Gasteiger partial charge in [0.1, 0.15) is 0 Å². The van der Waals surface area contributed by atoms with Gasteiger partial charge in [0.2, 0.25) is 5.91 Å². The monoisotopic (exact) mass is 262 g/mol. The maximum Gasteiger partial charge on any atom is 0.226 e. The van der Waals surface area contributed by atoms with Gasteiger partial charge in [-0.15, -0.1) is 0 Å². The van der Waals surface area contributed by atoms with Gasteiger partial charge in [-0.1, -0.05) is 12.1 Å². The van der Waals surface area contributed by atoms with E-state index >= 15 is 0 Å². The predicted octanol–water partition coefficient (Wildman–Crippen LogP) is 2.30. The Morgan fingerprint density at radius 3 is 2.68 bits per heavy atom. The molecule has 0 spiro atoms. The highest BCUT2D eigenvalue weighted by molar-refractivity contribution is 5.90. The molecule has 0 atom stereocenters. The maximum atomic E-state index is 11.6. The SMILES string of the molecule is CCOCCC(=O)Nc1ccc(CNC2CC2)cc1. The van der Waals surface area contributed by atoms with Gasteiger partial charge in [0.25, 0.3) is 0 Å². The molecule has 104 valence electrons. The average Bonchev–Trinajstić information content (AvgIpc) is 3.22. The largest absolute Gasteiger partial charge is 0.381 e. The van der Waals surface area contributed by atoms with E-state index in [0.29, 0.717) is 19.6 Å². The van der Waals surface area contributed by atoms with Crippen LogP contribution in [0.2, 0.25) is 0 Å². The van der Waals surface area contributed by atoms with Crippen LogP contribution in [0, 0.1) is 0 Å². The van der Waals surface area contributed by atoms with E-state index in [1.165, 1.54) is 18.4 Å². The number of carbonyl (C=O) groups excluding carboxylic acids is 1. The molecule has 0 saturated heterocycles. The molecule has 4 heteroatoms. The summed E-state index contributed by atoms with van der Waals surface area (Å²) in [6.45, 7) is 3.96. The molecule has 1 saturated carbocycles. The Hall–Kier alpha value is -1.39. The van der Waals surface area contributed by atoms with Crippen molar-refractivity contribution < 1.29 is 9.53 Å². The molecule has 1 aliphatic carbocycles. The molecule has 1 aliphatic rings. The summed E-state index contributed by atoms with van der Waals surface area (Å²) in [5.41, 5.74) is 2.09. The van der Waals surface area contributed by atoms with Crippen LogP contribution in [0.5, 0.6) is 0 Å². The Morgan fingerprint density at radius 1 is 1.32 bits per heavy atom. The Balaban J connectivity index is 1.72. The number of carbonyl (C=O) groups is 1. The van der Waals surface area contributed by atoms with E-state index in [4.69, 9.17) is 4.74 Å². The van der Waals surface area contributed by atoms with Crippen LogP contribution in [0.3, 0.4) is 0 Å². The number of hydrogen-bond acceptors (Lipinski definition) is 3. The number of ether oxygens (including phenoxy) is 1. The molecule has 2 N–H and O–H groups in total. The van der Waals surface area contributed by atoms with Gasteiger partial charge in [0.05, 0.1) is 13.0 Å². The van der Waals surface area contributed by atoms with E-state index < -0.39 is 0 Å². The second-order valence-corrected chi connectivity index (χ2v) is 4.85. The van der Waals surface area contributed by atoms with Gasteiger partial charge in [-0.05, 0) is 37.5 Å². The lowest BCUT2D eigenvalue weighted by molar-refractivity contribution is -0.117. The van der Waals surface area contributed by atoms with Crippen molar-refractivity contribution in [3.05, 3.63) is 29.8 Å². The quantitative estimate of drug-likeness (QED) is 0.707. The van der Waals surface area contributed by atoms with Gasteiger partial charge in [-0.2, -0.15) is 0 Å². The molecule has 4 nitrogen and oxygen atoms in total. The maximum absolute atomic E-state index is 11.6. The van der Waals surface area contributed by atoms with Gasteiger partial charge in [0.15, 0.2) is 0 Å². The standard InChI is InChI=1S/C15H22N2O2/c1-2-19-10-9-15(18)17-14-5-3-12(4-6-14)11-16-13-7-8-13/h3-6,13,16H,2,7-11H2,1H3,(H,17,18). The Bertz CT molecular complexity index is 399. The topological polar surface area (TPSA) is 50.4 Å². The zero-order chi connectivity index (χ0) is 13.5. The average molecular weight is 262 g/mol. The highest BCUT2D eigenvalue weighted by Gasteiger charge is 2.19. The minimum atomic E-state index is -0.00249. The second kappa shape index (κ2) is 7.26. The first kappa shape index (κ1) is 14.0. The molecule has 0 aromatic heterocycles. The number of anilines is 1. The molecular formula is C15H22N2O2. The van der Waals surface area contributed by atoms with Crippen LogP contribution in [0.4, 0.5) is 5.69 Å². The molecule has 2 rings (SSSR count). The Morgan fingerprint density at radius 2 is 2.05 bits per heavy atom. The summed E-state index contributed by atoms with van der Waals surface area (Å²) < 4.78 is 5.15. The first-order chi connectivity index (χ1) is 9.28. The summed E-state index contributed by atoms with van der Waals surface area (Å²) in [6.07, 6.45) is 3.00. The third-order valence-electron chi connectivity index (χ3n) is 3.09. The molecule has 0 unspecified atom stereocenters. The summed E-state index contributed by atoms with van der Waals surface area (Å²) in [5, 5.41) is 6.33. The fraction of sp³-hybridized carbons (Fsp3) is 0.533. The number of rotatable bonds is 8. The van der Waals surface area contributed by atoms with Crippen LogP contribution in [-0.4, -0.2) is 25.2 Å². The van der Waals surface area contributed by atoms with Crippen LogP contribution in [0.25, 0.3) is 0 Å². The fourth-order valence-corrected chi connectivity index (χ4v) is 1.79. The number of nitrogens with one attached hydrogen (secondary N) is 2. The van der Waals surface area contributed by atoms with Crippen molar-refractivity contribution in [2.24, 2.45) is 0 Å². The molecular weight excluding hydrogens is 240 g/mol. The lowest BCUT2D eigenvalue weighted by Gasteiger charge is -2.07. The Kier molecular flexibility index (Phi) is 5.36. The van der Waals surface area contributed by atoms with Crippen molar-refractivity contribution in [1.29, 1.82) is 0 Å². The van der Waals surface area contributed by atoms with Gasteiger partial charge in [-0.25, -0.2) is 0 Å². The fourth-order valence-electron chi connectivity index (χ4n) is 1.79. The summed E-state index contributed by atoms with van der Waals surface area (Å²) in [6, 6.07) is 8.71. The third-order valence-corrected chi connectivity index (χ3v) is 3.09. The molecule has 1 aromatic rings. The molecule has 19 heavy (non-hydrogen) atoms. The molecule has 0 bridgehead atoms. The highest BCUT2D eigenvalue weighted by atomic mass is 16.5. The van der Waals surface area contributed by atoms with Crippen molar-refractivity contribution in [3.8, 4) is 0 Å². The summed E-state index contributed by atoms with van der Waals surface area (Å²) in [5.74, 6) is -0.00249. The van der Waals surface area contributed by atoms with E-state index in [1.54, 1.807) is 0 Å². The van der Waals surface area contributed by atoms with Crippen LogP contribution < -0.4 is 10.6 Å². The zero-order valence-corrected chi connectivity index (χ0v) is 11.4. The van der Waals surface area contributed by atoms with Crippen molar-refractivity contribution in [1.82, 2.24) is 5.32 Å². The van der Waals surface area contributed by atoms with Crippen LogP contribution in [-0.2, 0) is 16.1 Å². The summed E-state index contributed by atoms with van der Waals surface area (Å²) in [4.78, 5) is 11.6. The second-order valence-electron chi connectivity index (χ2n) is 4.85. The van der Waals surface area contributed by atoms with Crippen molar-refractivity contribution >= 4 is 11.6 Å². The zero-order valence-electron chi connectivity index (χ0n) is 11.4. The first-order valence-electron chi connectivity index (χ1n) is 6.98. The van der Waals surface area contributed by atoms with Crippen molar-refractivity contribution in [2.75, 3.05) is 18.5 Å². The van der Waals surface area contributed by atoms with E-state index in [9.17, 15) is 4.79 Å². The van der Waals surface area contributed by atoms with Gasteiger partial charge in [-0.3, -0.25) is 4.79 Å². The number of amides is 1. The van der Waals surface area contributed by atoms with Gasteiger partial charge >= 0.3 is 0 Å². The van der Waals surface area contributed by atoms with Crippen LogP contribution >= 0.6 is 0 Å². The minimum Gasteiger partial charge on any atom is -0.381 e. The molecule has 0 heterocycles. The van der Waals surface area contributed by atoms with Crippen molar-refractivity contribution in [2.45, 2.75) is 38.8 Å². The lowest BCUT2D eigenvalue weighted by atomic mass is 10.2. The van der Waals surface area contributed by atoms with Crippen LogP contribution in [0.1, 0.15) is 31.7 Å². The molecule has 0 radical (unpaired) electrons. The molecule has 1 amide bonds. The van der Waals surface area contributed by atoms with E-state index in [1.807, 2.05) is 31.2 Å². The van der Waals surface area contributed by atoms with E-state index in [-0.39, 0.29) is 5.91 Å². The normalized spacial score (nSPS) is 14.4. The van der Waals surface area contributed by atoms with E-state index in [2.05, 4.69) is 10.6 Å². The smallest absolute Gasteiger partial charge is 0.226 e. The van der Waals surface area contributed by atoms with Crippen molar-refractivity contribution in [3.63, 3.8) is 0 Å². The first-order valence-corrected chi connectivity index (χ1v) is 6.98. The Labute approximate surface area is 114 Å². The predicted molar refractivity (Wildman–Crippen MR) is 76.0 cm³/mol. The lowest BCUT2D eigenvalue weighted by Crippen LogP contribution is -2.16. The highest BCUT2D eigenvalue weighted by Crippen LogP contribution is 2.19. The number of hydrogen-bond donors (Lipinski definition) is 2. The minimum absolute atomic E-state index is 0.00249.